The molecule has 0 saturated heterocycles. The van der Waals surface area contributed by atoms with Gasteiger partial charge in [-0.25, -0.2) is 4.68 Å². The number of halogens is 1. The molecule has 7 nitrogen and oxygen atoms in total. The first-order valence-electron chi connectivity index (χ1n) is 9.25. The monoisotopic (exact) mass is 412 g/mol. The first-order valence-corrected chi connectivity index (χ1v) is 9.63. The summed E-state index contributed by atoms with van der Waals surface area (Å²) in [6.07, 6.45) is 1.40. The lowest BCUT2D eigenvalue weighted by Gasteiger charge is -2.28. The van der Waals surface area contributed by atoms with Gasteiger partial charge >= 0.3 is 0 Å². The number of carbonyl (C=O) groups excluding carboxylic acids is 1. The zero-order chi connectivity index (χ0) is 20.8. The quantitative estimate of drug-likeness (QED) is 0.640. The molecule has 0 radical (unpaired) electrons. The van der Waals surface area contributed by atoms with Crippen LogP contribution in [0, 0.1) is 5.41 Å². The third kappa shape index (κ3) is 3.15. The second kappa shape index (κ2) is 7.15. The summed E-state index contributed by atoms with van der Waals surface area (Å²) >= 11 is 5.89. The standard InChI is InChI=1S/C21H21ClN4O3/c1-21(2)11-10-12-17(20(21)27)19(18-13(28-3)6-5-7-14(18)29-4)25-26(12)16-9-8-15(22)23-24-16/h5-9H,10-11H2,1-4H3. The van der Waals surface area contributed by atoms with E-state index in [-0.39, 0.29) is 5.78 Å². The molecule has 0 N–H and O–H groups in total. The zero-order valence-electron chi connectivity index (χ0n) is 16.7. The summed E-state index contributed by atoms with van der Waals surface area (Å²) in [6, 6.07) is 8.86. The SMILES string of the molecule is COc1cccc(OC)c1-c1nn(-c2ccc(Cl)nn2)c2c1C(=O)C(C)(C)CC2. The largest absolute Gasteiger partial charge is 0.496 e. The van der Waals surface area contributed by atoms with E-state index in [4.69, 9.17) is 26.2 Å². The van der Waals surface area contributed by atoms with Gasteiger partial charge in [-0.05, 0) is 37.1 Å². The summed E-state index contributed by atoms with van der Waals surface area (Å²) in [5.41, 5.74) is 2.04. The number of methoxy groups -OCH3 is 2. The van der Waals surface area contributed by atoms with Gasteiger partial charge in [0.2, 0.25) is 0 Å². The molecule has 0 saturated carbocycles. The van der Waals surface area contributed by atoms with Gasteiger partial charge in [-0.2, -0.15) is 5.10 Å². The molecule has 0 aliphatic heterocycles. The number of aromatic nitrogens is 4. The molecule has 0 atom stereocenters. The molecule has 150 valence electrons. The fourth-order valence-corrected chi connectivity index (χ4v) is 3.78. The van der Waals surface area contributed by atoms with Gasteiger partial charge in [0.05, 0.1) is 31.0 Å². The molecule has 3 aromatic rings. The third-order valence-electron chi connectivity index (χ3n) is 5.31. The molecule has 29 heavy (non-hydrogen) atoms. The van der Waals surface area contributed by atoms with Crippen LogP contribution in [-0.4, -0.2) is 40.0 Å². The molecular weight excluding hydrogens is 392 g/mol. The number of carbonyl (C=O) groups is 1. The summed E-state index contributed by atoms with van der Waals surface area (Å²) in [6.45, 7) is 3.92. The minimum Gasteiger partial charge on any atom is -0.496 e. The van der Waals surface area contributed by atoms with Crippen LogP contribution in [0.4, 0.5) is 0 Å². The van der Waals surface area contributed by atoms with Crippen molar-refractivity contribution >= 4 is 17.4 Å². The van der Waals surface area contributed by atoms with Gasteiger partial charge in [0.1, 0.15) is 17.2 Å². The summed E-state index contributed by atoms with van der Waals surface area (Å²) in [4.78, 5) is 13.4. The zero-order valence-corrected chi connectivity index (χ0v) is 17.4. The van der Waals surface area contributed by atoms with Crippen molar-refractivity contribution in [3.8, 4) is 28.6 Å². The highest BCUT2D eigenvalue weighted by atomic mass is 35.5. The second-order valence-corrected chi connectivity index (χ2v) is 7.93. The summed E-state index contributed by atoms with van der Waals surface area (Å²) < 4.78 is 12.8. The lowest BCUT2D eigenvalue weighted by molar-refractivity contribution is 0.0811. The Kier molecular flexibility index (Phi) is 4.78. The fourth-order valence-electron chi connectivity index (χ4n) is 3.68. The Labute approximate surface area is 173 Å². The number of Topliss-reactive ketones (excluding diaryl/α,β-unsaturated/α-hetero) is 1. The summed E-state index contributed by atoms with van der Waals surface area (Å²) in [5.74, 6) is 1.69. The minimum absolute atomic E-state index is 0.0369. The average molecular weight is 413 g/mol. The minimum atomic E-state index is -0.490. The van der Waals surface area contributed by atoms with Crippen LogP contribution in [0.15, 0.2) is 30.3 Å². The Morgan fingerprint density at radius 1 is 1.03 bits per heavy atom. The Hall–Kier alpha value is -2.93. The first-order chi connectivity index (χ1) is 13.9. The van der Waals surface area contributed by atoms with E-state index in [0.29, 0.717) is 52.1 Å². The molecule has 2 aromatic heterocycles. The van der Waals surface area contributed by atoms with Gasteiger partial charge in [-0.15, -0.1) is 10.2 Å². The molecule has 0 fully saturated rings. The van der Waals surface area contributed by atoms with Crippen LogP contribution in [0.3, 0.4) is 0 Å². The van der Waals surface area contributed by atoms with E-state index in [1.54, 1.807) is 31.0 Å². The Balaban J connectivity index is 2.04. The highest BCUT2D eigenvalue weighted by Gasteiger charge is 2.40. The molecule has 0 bridgehead atoms. The Morgan fingerprint density at radius 3 is 2.31 bits per heavy atom. The number of ether oxygens (including phenoxy) is 2. The number of hydrogen-bond acceptors (Lipinski definition) is 6. The van der Waals surface area contributed by atoms with Crippen LogP contribution >= 0.6 is 11.6 Å². The molecule has 2 heterocycles. The van der Waals surface area contributed by atoms with Gasteiger partial charge in [0.25, 0.3) is 0 Å². The molecule has 8 heteroatoms. The molecular formula is C21H21ClN4O3. The number of nitrogens with zero attached hydrogens (tertiary/aromatic N) is 4. The highest BCUT2D eigenvalue weighted by molar-refractivity contribution is 6.29. The molecule has 1 aliphatic rings. The second-order valence-electron chi connectivity index (χ2n) is 7.55. The normalized spacial score (nSPS) is 15.1. The van der Waals surface area contributed by atoms with Gasteiger partial charge in [-0.3, -0.25) is 4.79 Å². The van der Waals surface area contributed by atoms with Gasteiger partial charge in [0, 0.05) is 5.41 Å². The van der Waals surface area contributed by atoms with E-state index in [2.05, 4.69) is 10.2 Å². The molecule has 1 aromatic carbocycles. The van der Waals surface area contributed by atoms with Crippen molar-refractivity contribution in [1.29, 1.82) is 0 Å². The van der Waals surface area contributed by atoms with Crippen LogP contribution in [0.5, 0.6) is 11.5 Å². The maximum absolute atomic E-state index is 13.4. The predicted molar refractivity (Wildman–Crippen MR) is 109 cm³/mol. The number of rotatable bonds is 4. The van der Waals surface area contributed by atoms with Crippen molar-refractivity contribution in [1.82, 2.24) is 20.0 Å². The molecule has 1 aliphatic carbocycles. The third-order valence-corrected chi connectivity index (χ3v) is 5.51. The molecule has 0 amide bonds. The fraction of sp³-hybridized carbons (Fsp3) is 0.333. The van der Waals surface area contributed by atoms with Crippen LogP contribution in [0.1, 0.15) is 36.3 Å². The van der Waals surface area contributed by atoms with Crippen LogP contribution in [0.25, 0.3) is 17.1 Å². The van der Waals surface area contributed by atoms with Crippen LogP contribution < -0.4 is 9.47 Å². The summed E-state index contributed by atoms with van der Waals surface area (Å²) in [5, 5.41) is 13.2. The summed E-state index contributed by atoms with van der Waals surface area (Å²) in [7, 11) is 3.16. The predicted octanol–water partition coefficient (Wildman–Crippen LogP) is 4.16. The van der Waals surface area contributed by atoms with Gasteiger partial charge < -0.3 is 9.47 Å². The highest BCUT2D eigenvalue weighted by Crippen LogP contribution is 2.45. The van der Waals surface area contributed by atoms with Crippen molar-refractivity contribution in [2.45, 2.75) is 26.7 Å². The lowest BCUT2D eigenvalue weighted by atomic mass is 9.74. The smallest absolute Gasteiger partial charge is 0.176 e. The van der Waals surface area contributed by atoms with E-state index in [1.165, 1.54) is 0 Å². The van der Waals surface area contributed by atoms with Gasteiger partial charge in [0.15, 0.2) is 16.8 Å². The number of fused-ring (bicyclic) bond motifs is 1. The first kappa shape index (κ1) is 19.4. The number of ketones is 1. The van der Waals surface area contributed by atoms with Crippen LogP contribution in [-0.2, 0) is 6.42 Å². The van der Waals surface area contributed by atoms with Crippen molar-refractivity contribution in [2.75, 3.05) is 14.2 Å². The molecule has 0 unspecified atom stereocenters. The van der Waals surface area contributed by atoms with E-state index in [0.717, 1.165) is 5.69 Å². The van der Waals surface area contributed by atoms with E-state index >= 15 is 0 Å². The Morgan fingerprint density at radius 2 is 1.72 bits per heavy atom. The maximum atomic E-state index is 13.4. The van der Waals surface area contributed by atoms with Crippen molar-refractivity contribution < 1.29 is 14.3 Å². The lowest BCUT2D eigenvalue weighted by Crippen LogP contribution is -2.31. The number of benzene rings is 1. The molecule has 0 spiro atoms. The van der Waals surface area contributed by atoms with Crippen molar-refractivity contribution in [2.24, 2.45) is 5.41 Å². The van der Waals surface area contributed by atoms with Gasteiger partial charge in [-0.1, -0.05) is 31.5 Å². The molecule has 4 rings (SSSR count). The van der Waals surface area contributed by atoms with Crippen molar-refractivity contribution in [3.63, 3.8) is 0 Å². The maximum Gasteiger partial charge on any atom is 0.176 e. The van der Waals surface area contributed by atoms with Crippen molar-refractivity contribution in [3.05, 3.63) is 46.7 Å². The van der Waals surface area contributed by atoms with E-state index < -0.39 is 5.41 Å². The van der Waals surface area contributed by atoms with E-state index in [9.17, 15) is 4.79 Å². The topological polar surface area (TPSA) is 79.1 Å². The van der Waals surface area contributed by atoms with E-state index in [1.807, 2.05) is 32.0 Å². The number of hydrogen-bond donors (Lipinski definition) is 0. The van der Waals surface area contributed by atoms with Crippen LogP contribution in [0.2, 0.25) is 5.15 Å². The Bertz CT molecular complexity index is 1070. The average Bonchev–Trinajstić information content (AvgIpc) is 3.10.